The third-order valence-corrected chi connectivity index (χ3v) is 3.71. The molecule has 1 fully saturated rings. The van der Waals surface area contributed by atoms with Gasteiger partial charge < -0.3 is 10.2 Å². The van der Waals surface area contributed by atoms with Gasteiger partial charge >= 0.3 is 0 Å². The van der Waals surface area contributed by atoms with Gasteiger partial charge in [0.05, 0.1) is 11.4 Å². The molecule has 0 aliphatic carbocycles. The van der Waals surface area contributed by atoms with Gasteiger partial charge in [-0.05, 0) is 26.3 Å². The van der Waals surface area contributed by atoms with Crippen molar-refractivity contribution in [3.8, 4) is 11.4 Å². The van der Waals surface area contributed by atoms with E-state index in [-0.39, 0.29) is 0 Å². The van der Waals surface area contributed by atoms with E-state index >= 15 is 0 Å². The zero-order valence-corrected chi connectivity index (χ0v) is 12.7. The molecule has 0 bridgehead atoms. The van der Waals surface area contributed by atoms with Crippen LogP contribution in [0.25, 0.3) is 11.4 Å². The predicted octanol–water partition coefficient (Wildman–Crippen LogP) is 0.931. The molecular weight excluding hydrogens is 266 g/mol. The molecule has 2 aromatic heterocycles. The first-order valence-corrected chi connectivity index (χ1v) is 7.41. The Labute approximate surface area is 124 Å². The van der Waals surface area contributed by atoms with Gasteiger partial charge in [0.1, 0.15) is 0 Å². The Morgan fingerprint density at radius 2 is 2.24 bits per heavy atom. The van der Waals surface area contributed by atoms with Crippen LogP contribution in [0, 0.1) is 6.92 Å². The standard InChI is InChI=1S/C14H21N7/c1-4-12-11(7-9(2)17-18-12)13-16-14(20-19-13)21-6-5-15-10(3)8-21/h7,10,15H,4-6,8H2,1-3H3,(H,16,19,20)/t10-/m1/s1. The molecule has 0 amide bonds. The Bertz CT molecular complexity index is 622. The Kier molecular flexibility index (Phi) is 3.83. The minimum atomic E-state index is 0.455. The minimum absolute atomic E-state index is 0.455. The quantitative estimate of drug-likeness (QED) is 0.874. The SMILES string of the molecule is CCc1nnc(C)cc1-c1nc(N2CCN[C@H](C)C2)n[nH]1. The van der Waals surface area contributed by atoms with Crippen LogP contribution in [0.1, 0.15) is 25.2 Å². The molecule has 0 saturated carbocycles. The average molecular weight is 287 g/mol. The molecule has 1 saturated heterocycles. The summed E-state index contributed by atoms with van der Waals surface area (Å²) < 4.78 is 0. The molecule has 1 aliphatic rings. The number of aromatic amines is 1. The lowest BCUT2D eigenvalue weighted by atomic mass is 10.1. The van der Waals surface area contributed by atoms with Crippen LogP contribution in [-0.4, -0.2) is 51.1 Å². The van der Waals surface area contributed by atoms with Crippen LogP contribution in [0.4, 0.5) is 5.95 Å². The maximum Gasteiger partial charge on any atom is 0.245 e. The van der Waals surface area contributed by atoms with Crippen LogP contribution in [0.5, 0.6) is 0 Å². The molecule has 0 aromatic carbocycles. The molecule has 1 atom stereocenters. The van der Waals surface area contributed by atoms with E-state index in [9.17, 15) is 0 Å². The normalized spacial score (nSPS) is 19.0. The highest BCUT2D eigenvalue weighted by Gasteiger charge is 2.20. The molecular formula is C14H21N7. The second-order valence-corrected chi connectivity index (χ2v) is 5.48. The Morgan fingerprint density at radius 1 is 1.38 bits per heavy atom. The summed E-state index contributed by atoms with van der Waals surface area (Å²) in [5.74, 6) is 1.53. The number of aryl methyl sites for hydroxylation is 2. The average Bonchev–Trinajstić information content (AvgIpc) is 2.97. The van der Waals surface area contributed by atoms with Crippen LogP contribution >= 0.6 is 0 Å². The number of nitrogens with one attached hydrogen (secondary N) is 2. The molecule has 1 aliphatic heterocycles. The predicted molar refractivity (Wildman–Crippen MR) is 81.2 cm³/mol. The Balaban J connectivity index is 1.89. The van der Waals surface area contributed by atoms with Gasteiger partial charge in [0.2, 0.25) is 5.95 Å². The van der Waals surface area contributed by atoms with Gasteiger partial charge in [-0.1, -0.05) is 6.92 Å². The van der Waals surface area contributed by atoms with Crippen LogP contribution in [0.3, 0.4) is 0 Å². The van der Waals surface area contributed by atoms with Crippen molar-refractivity contribution in [3.05, 3.63) is 17.5 Å². The summed E-state index contributed by atoms with van der Waals surface area (Å²) in [4.78, 5) is 6.85. The first-order valence-electron chi connectivity index (χ1n) is 7.41. The van der Waals surface area contributed by atoms with Crippen LogP contribution in [0.15, 0.2) is 6.07 Å². The maximum absolute atomic E-state index is 4.65. The smallest absolute Gasteiger partial charge is 0.245 e. The molecule has 0 radical (unpaired) electrons. The monoisotopic (exact) mass is 287 g/mol. The van der Waals surface area contributed by atoms with E-state index < -0.39 is 0 Å². The van der Waals surface area contributed by atoms with Gasteiger partial charge in [0.25, 0.3) is 0 Å². The Hall–Kier alpha value is -2.02. The summed E-state index contributed by atoms with van der Waals surface area (Å²) in [7, 11) is 0. The summed E-state index contributed by atoms with van der Waals surface area (Å²) in [6.45, 7) is 8.98. The first-order chi connectivity index (χ1) is 10.2. The second-order valence-electron chi connectivity index (χ2n) is 5.48. The summed E-state index contributed by atoms with van der Waals surface area (Å²) >= 11 is 0. The van der Waals surface area contributed by atoms with Crippen LogP contribution in [0.2, 0.25) is 0 Å². The van der Waals surface area contributed by atoms with Gasteiger partial charge in [-0.15, -0.1) is 5.10 Å². The van der Waals surface area contributed by atoms with E-state index in [0.717, 1.165) is 54.8 Å². The Morgan fingerprint density at radius 3 is 3.00 bits per heavy atom. The summed E-state index contributed by atoms with van der Waals surface area (Å²) in [5, 5.41) is 19.2. The van der Waals surface area contributed by atoms with Crippen molar-refractivity contribution in [3.63, 3.8) is 0 Å². The molecule has 7 nitrogen and oxygen atoms in total. The molecule has 112 valence electrons. The largest absolute Gasteiger partial charge is 0.337 e. The fourth-order valence-electron chi connectivity index (χ4n) is 2.61. The highest BCUT2D eigenvalue weighted by molar-refractivity contribution is 5.59. The maximum atomic E-state index is 4.65. The van der Waals surface area contributed by atoms with Crippen molar-refractivity contribution in [2.24, 2.45) is 0 Å². The van der Waals surface area contributed by atoms with Crippen molar-refractivity contribution < 1.29 is 0 Å². The summed E-state index contributed by atoms with van der Waals surface area (Å²) in [5.41, 5.74) is 2.82. The van der Waals surface area contributed by atoms with Crippen molar-refractivity contribution in [1.29, 1.82) is 0 Å². The molecule has 2 N–H and O–H groups in total. The summed E-state index contributed by atoms with van der Waals surface area (Å²) in [6.07, 6.45) is 0.823. The van der Waals surface area contributed by atoms with E-state index in [1.807, 2.05) is 13.0 Å². The van der Waals surface area contributed by atoms with E-state index in [2.05, 4.69) is 49.4 Å². The van der Waals surface area contributed by atoms with E-state index in [4.69, 9.17) is 0 Å². The van der Waals surface area contributed by atoms with Gasteiger partial charge in [0.15, 0.2) is 5.82 Å². The number of aromatic nitrogens is 5. The lowest BCUT2D eigenvalue weighted by Crippen LogP contribution is -2.49. The van der Waals surface area contributed by atoms with Crippen molar-refractivity contribution in [2.45, 2.75) is 33.2 Å². The van der Waals surface area contributed by atoms with E-state index in [1.165, 1.54) is 0 Å². The summed E-state index contributed by atoms with van der Waals surface area (Å²) in [6, 6.07) is 2.47. The molecule has 21 heavy (non-hydrogen) atoms. The van der Waals surface area contributed by atoms with E-state index in [0.29, 0.717) is 6.04 Å². The lowest BCUT2D eigenvalue weighted by Gasteiger charge is -2.30. The number of rotatable bonds is 3. The lowest BCUT2D eigenvalue weighted by molar-refractivity contribution is 0.480. The highest BCUT2D eigenvalue weighted by atomic mass is 15.4. The zero-order chi connectivity index (χ0) is 14.8. The molecule has 7 heteroatoms. The molecule has 3 rings (SSSR count). The molecule has 3 heterocycles. The third-order valence-electron chi connectivity index (χ3n) is 3.71. The van der Waals surface area contributed by atoms with Crippen LogP contribution < -0.4 is 10.2 Å². The van der Waals surface area contributed by atoms with Gasteiger partial charge in [-0.25, -0.2) is 0 Å². The minimum Gasteiger partial charge on any atom is -0.337 e. The van der Waals surface area contributed by atoms with Crippen LogP contribution in [-0.2, 0) is 6.42 Å². The highest BCUT2D eigenvalue weighted by Crippen LogP contribution is 2.21. The number of anilines is 1. The number of piperazine rings is 1. The first kappa shape index (κ1) is 13.9. The fourth-order valence-corrected chi connectivity index (χ4v) is 2.61. The van der Waals surface area contributed by atoms with Gasteiger partial charge in [-0.2, -0.15) is 15.2 Å². The third kappa shape index (κ3) is 2.87. The fraction of sp³-hybridized carbons (Fsp3) is 0.571. The number of hydrogen-bond donors (Lipinski definition) is 2. The zero-order valence-electron chi connectivity index (χ0n) is 12.7. The van der Waals surface area contributed by atoms with Crippen molar-refractivity contribution in [2.75, 3.05) is 24.5 Å². The molecule has 0 unspecified atom stereocenters. The second kappa shape index (κ2) is 5.77. The van der Waals surface area contributed by atoms with E-state index in [1.54, 1.807) is 0 Å². The number of nitrogens with zero attached hydrogens (tertiary/aromatic N) is 5. The topological polar surface area (TPSA) is 82.6 Å². The number of hydrogen-bond acceptors (Lipinski definition) is 6. The molecule has 2 aromatic rings. The molecule has 0 spiro atoms. The van der Waals surface area contributed by atoms with Gasteiger partial charge in [-0.3, -0.25) is 5.10 Å². The van der Waals surface area contributed by atoms with Gasteiger partial charge in [0, 0.05) is 31.2 Å². The number of H-pyrrole nitrogens is 1. The van der Waals surface area contributed by atoms with Crippen molar-refractivity contribution in [1.82, 2.24) is 30.7 Å². The van der Waals surface area contributed by atoms with Crippen molar-refractivity contribution >= 4 is 5.95 Å².